The first-order chi connectivity index (χ1) is 13.3. The average Bonchev–Trinajstić information content (AvgIpc) is 3.32. The molecule has 2 aromatic rings. The summed E-state index contributed by atoms with van der Waals surface area (Å²) in [4.78, 5) is 17.9. The number of ether oxygens (including phenoxy) is 1. The lowest BCUT2D eigenvalue weighted by Crippen LogP contribution is -2.35. The van der Waals surface area contributed by atoms with E-state index in [4.69, 9.17) is 4.74 Å². The first kappa shape index (κ1) is 19.5. The summed E-state index contributed by atoms with van der Waals surface area (Å²) in [5.41, 5.74) is 2.88. The molecule has 0 bridgehead atoms. The summed E-state index contributed by atoms with van der Waals surface area (Å²) in [6.45, 7) is 5.14. The molecular formula is C19H23N3O4S2. The number of nitrogens with zero attached hydrogens (tertiary/aromatic N) is 2. The van der Waals surface area contributed by atoms with Gasteiger partial charge in [-0.2, -0.15) is 4.31 Å². The van der Waals surface area contributed by atoms with E-state index >= 15 is 0 Å². The second kappa shape index (κ2) is 7.55. The smallest absolute Gasteiger partial charge is 0.255 e. The van der Waals surface area contributed by atoms with Gasteiger partial charge in [-0.3, -0.25) is 10.1 Å². The molecule has 7 nitrogen and oxygen atoms in total. The Bertz CT molecular complexity index is 1010. The van der Waals surface area contributed by atoms with Crippen LogP contribution in [0.25, 0.3) is 0 Å². The van der Waals surface area contributed by atoms with E-state index in [0.29, 0.717) is 29.6 Å². The molecule has 0 spiro atoms. The Labute approximate surface area is 168 Å². The Balaban J connectivity index is 1.50. The van der Waals surface area contributed by atoms with Crippen LogP contribution in [-0.4, -0.2) is 42.9 Å². The number of carbonyl (C=O) groups is 1. The van der Waals surface area contributed by atoms with Crippen molar-refractivity contribution in [1.29, 1.82) is 0 Å². The molecule has 1 unspecified atom stereocenters. The summed E-state index contributed by atoms with van der Waals surface area (Å²) in [6.07, 6.45) is 1.73. The molecule has 1 aromatic heterocycles. The van der Waals surface area contributed by atoms with Gasteiger partial charge in [0, 0.05) is 24.4 Å². The van der Waals surface area contributed by atoms with E-state index in [-0.39, 0.29) is 12.5 Å². The predicted octanol–water partition coefficient (Wildman–Crippen LogP) is 2.62. The number of anilines is 1. The second-order valence-electron chi connectivity index (χ2n) is 7.21. The van der Waals surface area contributed by atoms with Gasteiger partial charge in [0.2, 0.25) is 10.0 Å². The number of amides is 1. The molecule has 2 aliphatic heterocycles. The van der Waals surface area contributed by atoms with Crippen LogP contribution in [0.1, 0.15) is 34.5 Å². The minimum atomic E-state index is -3.57. The van der Waals surface area contributed by atoms with Crippen LogP contribution in [0.15, 0.2) is 23.1 Å². The largest absolute Gasteiger partial charge is 0.368 e. The van der Waals surface area contributed by atoms with E-state index in [1.165, 1.54) is 15.6 Å². The van der Waals surface area contributed by atoms with Gasteiger partial charge in [0.15, 0.2) is 5.13 Å². The van der Waals surface area contributed by atoms with Gasteiger partial charge in [0.1, 0.15) is 6.10 Å². The van der Waals surface area contributed by atoms with Crippen molar-refractivity contribution in [1.82, 2.24) is 9.29 Å². The number of rotatable bonds is 4. The molecule has 1 amide bonds. The lowest BCUT2D eigenvalue weighted by molar-refractivity contribution is -0.124. The van der Waals surface area contributed by atoms with Gasteiger partial charge >= 0.3 is 0 Å². The normalized spacial score (nSPS) is 20.1. The lowest BCUT2D eigenvalue weighted by atomic mass is 10.1. The van der Waals surface area contributed by atoms with Crippen molar-refractivity contribution in [3.05, 3.63) is 39.9 Å². The molecular weight excluding hydrogens is 398 g/mol. The van der Waals surface area contributed by atoms with Gasteiger partial charge in [0.05, 0.1) is 17.1 Å². The highest BCUT2D eigenvalue weighted by Crippen LogP contribution is 2.31. The van der Waals surface area contributed by atoms with Crippen LogP contribution in [0, 0.1) is 13.8 Å². The molecule has 4 rings (SSSR count). The van der Waals surface area contributed by atoms with Crippen LogP contribution >= 0.6 is 11.3 Å². The standard InChI is InChI=1S/C19H23N3O4S2/c1-12-5-6-14(10-13(12)2)28(24,25)22-8-7-15-17(11-22)27-19(20-15)21-18(23)16-4-3-9-26-16/h5-6,10,16H,3-4,7-9,11H2,1-2H3,(H,20,21,23). The van der Waals surface area contributed by atoms with Gasteiger partial charge in [-0.25, -0.2) is 13.4 Å². The van der Waals surface area contributed by atoms with E-state index < -0.39 is 16.1 Å². The molecule has 1 saturated heterocycles. The van der Waals surface area contributed by atoms with E-state index in [2.05, 4.69) is 10.3 Å². The number of carbonyl (C=O) groups excluding carboxylic acids is 1. The quantitative estimate of drug-likeness (QED) is 0.820. The van der Waals surface area contributed by atoms with Crippen LogP contribution in [0.3, 0.4) is 0 Å². The summed E-state index contributed by atoms with van der Waals surface area (Å²) < 4.78 is 33.0. The van der Waals surface area contributed by atoms with E-state index in [1.807, 2.05) is 19.9 Å². The molecule has 0 saturated carbocycles. The van der Waals surface area contributed by atoms with Crippen molar-refractivity contribution in [2.45, 2.75) is 50.7 Å². The number of nitrogens with one attached hydrogen (secondary N) is 1. The fraction of sp³-hybridized carbons (Fsp3) is 0.474. The molecule has 0 aliphatic carbocycles. The number of hydrogen-bond acceptors (Lipinski definition) is 6. The topological polar surface area (TPSA) is 88.6 Å². The number of hydrogen-bond donors (Lipinski definition) is 1. The Kier molecular flexibility index (Phi) is 5.26. The molecule has 3 heterocycles. The molecule has 1 atom stereocenters. The number of thiazole rings is 1. The third-order valence-electron chi connectivity index (χ3n) is 5.26. The van der Waals surface area contributed by atoms with E-state index in [9.17, 15) is 13.2 Å². The second-order valence-corrected chi connectivity index (χ2v) is 10.2. The highest BCUT2D eigenvalue weighted by atomic mass is 32.2. The minimum Gasteiger partial charge on any atom is -0.368 e. The zero-order valence-electron chi connectivity index (χ0n) is 15.9. The van der Waals surface area contributed by atoms with Crippen LogP contribution in [0.2, 0.25) is 0 Å². The van der Waals surface area contributed by atoms with E-state index in [1.54, 1.807) is 12.1 Å². The van der Waals surface area contributed by atoms with Crippen LogP contribution in [-0.2, 0) is 32.5 Å². The van der Waals surface area contributed by atoms with Gasteiger partial charge in [-0.05, 0) is 49.9 Å². The Morgan fingerprint density at radius 2 is 2.14 bits per heavy atom. The fourth-order valence-electron chi connectivity index (χ4n) is 3.42. The molecule has 1 fully saturated rings. The summed E-state index contributed by atoms with van der Waals surface area (Å²) in [5, 5.41) is 3.33. The van der Waals surface area contributed by atoms with Crippen LogP contribution in [0.4, 0.5) is 5.13 Å². The van der Waals surface area contributed by atoms with Gasteiger partial charge in [-0.15, -0.1) is 11.3 Å². The highest BCUT2D eigenvalue weighted by Gasteiger charge is 2.31. The Morgan fingerprint density at radius 1 is 1.32 bits per heavy atom. The summed E-state index contributed by atoms with van der Waals surface area (Å²) in [6, 6.07) is 5.22. The van der Waals surface area contributed by atoms with Crippen molar-refractivity contribution < 1.29 is 17.9 Å². The van der Waals surface area contributed by atoms with Crippen molar-refractivity contribution in [3.8, 4) is 0 Å². The first-order valence-corrected chi connectivity index (χ1v) is 11.6. The molecule has 1 N–H and O–H groups in total. The zero-order chi connectivity index (χ0) is 19.9. The summed E-state index contributed by atoms with van der Waals surface area (Å²) in [5.74, 6) is -0.178. The molecule has 150 valence electrons. The molecule has 0 radical (unpaired) electrons. The third kappa shape index (κ3) is 3.71. The SMILES string of the molecule is Cc1ccc(S(=O)(=O)N2CCc3nc(NC(=O)C4CCCO4)sc3C2)cc1C. The van der Waals surface area contributed by atoms with Crippen molar-refractivity contribution in [2.75, 3.05) is 18.5 Å². The highest BCUT2D eigenvalue weighted by molar-refractivity contribution is 7.89. The summed E-state index contributed by atoms with van der Waals surface area (Å²) >= 11 is 1.34. The monoisotopic (exact) mass is 421 g/mol. The number of benzene rings is 1. The maximum Gasteiger partial charge on any atom is 0.255 e. The van der Waals surface area contributed by atoms with Gasteiger partial charge in [-0.1, -0.05) is 6.07 Å². The number of aryl methyl sites for hydroxylation is 2. The lowest BCUT2D eigenvalue weighted by Gasteiger charge is -2.25. The van der Waals surface area contributed by atoms with E-state index in [0.717, 1.165) is 34.5 Å². The van der Waals surface area contributed by atoms with Crippen LogP contribution in [0.5, 0.6) is 0 Å². The van der Waals surface area contributed by atoms with Crippen molar-refractivity contribution >= 4 is 32.4 Å². The maximum atomic E-state index is 13.0. The first-order valence-electron chi connectivity index (χ1n) is 9.33. The number of fused-ring (bicyclic) bond motifs is 1. The number of aromatic nitrogens is 1. The Hall–Kier alpha value is -1.81. The minimum absolute atomic E-state index is 0.178. The molecule has 2 aliphatic rings. The van der Waals surface area contributed by atoms with Gasteiger partial charge < -0.3 is 4.74 Å². The average molecular weight is 422 g/mol. The molecule has 28 heavy (non-hydrogen) atoms. The third-order valence-corrected chi connectivity index (χ3v) is 8.10. The van der Waals surface area contributed by atoms with Crippen molar-refractivity contribution in [3.63, 3.8) is 0 Å². The zero-order valence-corrected chi connectivity index (χ0v) is 17.5. The maximum absolute atomic E-state index is 13.0. The summed E-state index contributed by atoms with van der Waals surface area (Å²) in [7, 11) is -3.57. The molecule has 1 aromatic carbocycles. The molecule has 9 heteroatoms. The predicted molar refractivity (Wildman–Crippen MR) is 107 cm³/mol. The fourth-order valence-corrected chi connectivity index (χ4v) is 6.03. The Morgan fingerprint density at radius 3 is 2.86 bits per heavy atom. The van der Waals surface area contributed by atoms with Crippen molar-refractivity contribution in [2.24, 2.45) is 0 Å². The van der Waals surface area contributed by atoms with Crippen LogP contribution < -0.4 is 5.32 Å². The van der Waals surface area contributed by atoms with Gasteiger partial charge in [0.25, 0.3) is 5.91 Å². The number of sulfonamides is 1.